The van der Waals surface area contributed by atoms with Gasteiger partial charge in [-0.3, -0.25) is 4.79 Å². The van der Waals surface area contributed by atoms with Crippen LogP contribution in [0.3, 0.4) is 0 Å². The number of H-pyrrole nitrogens is 1. The van der Waals surface area contributed by atoms with E-state index in [1.165, 1.54) is 11.3 Å². The van der Waals surface area contributed by atoms with E-state index in [4.69, 9.17) is 11.6 Å². The largest absolute Gasteiger partial charge is 0.338 e. The van der Waals surface area contributed by atoms with Gasteiger partial charge in [0.2, 0.25) is 0 Å². The van der Waals surface area contributed by atoms with Crippen LogP contribution in [0.5, 0.6) is 0 Å². The second-order valence-electron chi connectivity index (χ2n) is 5.23. The Kier molecular flexibility index (Phi) is 3.80. The SMILES string of the molecule is O=C(Nc1cc(-c2nc3ccccc3[nH]2)ccc1Cl)c1cccs1. The van der Waals surface area contributed by atoms with Crippen molar-refractivity contribution in [1.29, 1.82) is 0 Å². The molecule has 0 aliphatic heterocycles. The Hall–Kier alpha value is -2.63. The quantitative estimate of drug-likeness (QED) is 0.532. The van der Waals surface area contributed by atoms with E-state index < -0.39 is 0 Å². The van der Waals surface area contributed by atoms with E-state index in [-0.39, 0.29) is 5.91 Å². The van der Waals surface area contributed by atoms with Crippen LogP contribution >= 0.6 is 22.9 Å². The number of halogens is 1. The molecule has 0 fully saturated rings. The zero-order valence-electron chi connectivity index (χ0n) is 12.4. The van der Waals surface area contributed by atoms with Crippen LogP contribution in [0, 0.1) is 0 Å². The molecule has 118 valence electrons. The van der Waals surface area contributed by atoms with E-state index in [2.05, 4.69) is 15.3 Å². The molecule has 2 aromatic carbocycles. The molecule has 0 saturated heterocycles. The number of carbonyl (C=O) groups is 1. The zero-order chi connectivity index (χ0) is 16.5. The second kappa shape index (κ2) is 6.11. The van der Waals surface area contributed by atoms with Gasteiger partial charge in [-0.15, -0.1) is 11.3 Å². The summed E-state index contributed by atoms with van der Waals surface area (Å²) in [6.07, 6.45) is 0. The summed E-state index contributed by atoms with van der Waals surface area (Å²) in [5.74, 6) is 0.563. The molecule has 2 N–H and O–H groups in total. The summed E-state index contributed by atoms with van der Waals surface area (Å²) in [5.41, 5.74) is 3.28. The fraction of sp³-hybridized carbons (Fsp3) is 0. The number of rotatable bonds is 3. The number of nitrogens with zero attached hydrogens (tertiary/aromatic N) is 1. The molecule has 24 heavy (non-hydrogen) atoms. The third kappa shape index (κ3) is 2.79. The molecule has 0 bridgehead atoms. The molecule has 0 spiro atoms. The highest BCUT2D eigenvalue weighted by molar-refractivity contribution is 7.12. The number of nitrogens with one attached hydrogen (secondary N) is 2. The van der Waals surface area contributed by atoms with Crippen molar-refractivity contribution in [3.05, 3.63) is 69.9 Å². The Morgan fingerprint density at radius 1 is 1.12 bits per heavy atom. The van der Waals surface area contributed by atoms with Crippen molar-refractivity contribution < 1.29 is 4.79 Å². The van der Waals surface area contributed by atoms with Gasteiger partial charge in [-0.25, -0.2) is 4.98 Å². The van der Waals surface area contributed by atoms with Crippen molar-refractivity contribution in [2.75, 3.05) is 5.32 Å². The number of carbonyl (C=O) groups excluding carboxylic acids is 1. The van der Waals surface area contributed by atoms with Crippen LogP contribution in [0.15, 0.2) is 60.0 Å². The van der Waals surface area contributed by atoms with Crippen molar-refractivity contribution in [2.24, 2.45) is 0 Å². The van der Waals surface area contributed by atoms with Crippen molar-refractivity contribution in [2.45, 2.75) is 0 Å². The first-order valence-electron chi connectivity index (χ1n) is 7.30. The highest BCUT2D eigenvalue weighted by Crippen LogP contribution is 2.29. The Labute approximate surface area is 147 Å². The number of aromatic amines is 1. The molecule has 1 amide bonds. The topological polar surface area (TPSA) is 57.8 Å². The van der Waals surface area contributed by atoms with Gasteiger partial charge in [0.05, 0.1) is 26.6 Å². The molecule has 0 saturated carbocycles. The first-order chi connectivity index (χ1) is 11.7. The molecular formula is C18H12ClN3OS. The molecule has 0 aliphatic rings. The number of hydrogen-bond donors (Lipinski definition) is 2. The normalized spacial score (nSPS) is 10.9. The molecular weight excluding hydrogens is 342 g/mol. The Morgan fingerprint density at radius 3 is 2.79 bits per heavy atom. The van der Waals surface area contributed by atoms with Gasteiger partial charge < -0.3 is 10.3 Å². The van der Waals surface area contributed by atoms with Crippen LogP contribution in [-0.2, 0) is 0 Å². The minimum atomic E-state index is -0.173. The summed E-state index contributed by atoms with van der Waals surface area (Å²) in [5, 5.41) is 5.20. The maximum absolute atomic E-state index is 12.2. The second-order valence-corrected chi connectivity index (χ2v) is 6.58. The third-order valence-corrected chi connectivity index (χ3v) is 4.82. The highest BCUT2D eigenvalue weighted by Gasteiger charge is 2.12. The van der Waals surface area contributed by atoms with Crippen molar-refractivity contribution in [1.82, 2.24) is 9.97 Å². The van der Waals surface area contributed by atoms with Crippen LogP contribution in [0.1, 0.15) is 9.67 Å². The zero-order valence-corrected chi connectivity index (χ0v) is 14.0. The van der Waals surface area contributed by atoms with Crippen molar-refractivity contribution >= 4 is 45.6 Å². The summed E-state index contributed by atoms with van der Waals surface area (Å²) in [6.45, 7) is 0. The number of hydrogen-bond acceptors (Lipinski definition) is 3. The minimum Gasteiger partial charge on any atom is -0.338 e. The predicted molar refractivity (Wildman–Crippen MR) is 98.8 cm³/mol. The smallest absolute Gasteiger partial charge is 0.265 e. The number of benzene rings is 2. The predicted octanol–water partition coefficient (Wildman–Crippen LogP) is 5.20. The summed E-state index contributed by atoms with van der Waals surface area (Å²) in [7, 11) is 0. The average molecular weight is 354 g/mol. The average Bonchev–Trinajstić information content (AvgIpc) is 3.26. The maximum Gasteiger partial charge on any atom is 0.265 e. The number of anilines is 1. The number of para-hydroxylation sites is 2. The molecule has 4 rings (SSSR count). The lowest BCUT2D eigenvalue weighted by Gasteiger charge is -2.08. The summed E-state index contributed by atoms with van der Waals surface area (Å²) < 4.78 is 0. The minimum absolute atomic E-state index is 0.173. The number of fused-ring (bicyclic) bond motifs is 1. The first kappa shape index (κ1) is 14.9. The number of thiophene rings is 1. The fourth-order valence-corrected chi connectivity index (χ4v) is 3.23. The van der Waals surface area contributed by atoms with E-state index in [1.807, 2.05) is 47.8 Å². The monoisotopic (exact) mass is 353 g/mol. The first-order valence-corrected chi connectivity index (χ1v) is 8.56. The van der Waals surface area contributed by atoms with Gasteiger partial charge in [-0.05, 0) is 41.8 Å². The van der Waals surface area contributed by atoms with E-state index in [9.17, 15) is 4.79 Å². The molecule has 4 nitrogen and oxygen atoms in total. The van der Waals surface area contributed by atoms with Gasteiger partial charge in [0.25, 0.3) is 5.91 Å². The van der Waals surface area contributed by atoms with Gasteiger partial charge >= 0.3 is 0 Å². The van der Waals surface area contributed by atoms with Crippen LogP contribution in [0.2, 0.25) is 5.02 Å². The van der Waals surface area contributed by atoms with Crippen molar-refractivity contribution in [3.63, 3.8) is 0 Å². The standard InChI is InChI=1S/C18H12ClN3OS/c19-12-8-7-11(17-20-13-4-1-2-5-14(13)21-17)10-15(12)22-18(23)16-6-3-9-24-16/h1-10H,(H,20,21)(H,22,23). The van der Waals surface area contributed by atoms with E-state index in [1.54, 1.807) is 12.1 Å². The van der Waals surface area contributed by atoms with E-state index in [0.29, 0.717) is 15.6 Å². The number of amides is 1. The van der Waals surface area contributed by atoms with Gasteiger partial charge in [0.1, 0.15) is 5.82 Å². The van der Waals surface area contributed by atoms with Crippen molar-refractivity contribution in [3.8, 4) is 11.4 Å². The van der Waals surface area contributed by atoms with Crippen LogP contribution < -0.4 is 5.32 Å². The summed E-state index contributed by atoms with van der Waals surface area (Å²) in [4.78, 5) is 20.7. The Balaban J connectivity index is 1.69. The lowest BCUT2D eigenvalue weighted by atomic mass is 10.2. The lowest BCUT2D eigenvalue weighted by Crippen LogP contribution is -2.10. The van der Waals surface area contributed by atoms with Gasteiger partial charge in [-0.2, -0.15) is 0 Å². The molecule has 0 aliphatic carbocycles. The van der Waals surface area contributed by atoms with Gasteiger partial charge in [-0.1, -0.05) is 29.8 Å². The van der Waals surface area contributed by atoms with E-state index in [0.717, 1.165) is 22.4 Å². The fourth-order valence-electron chi connectivity index (χ4n) is 2.45. The molecule has 2 heterocycles. The van der Waals surface area contributed by atoms with Crippen LogP contribution in [0.25, 0.3) is 22.4 Å². The van der Waals surface area contributed by atoms with Gasteiger partial charge in [0, 0.05) is 5.56 Å². The summed E-state index contributed by atoms with van der Waals surface area (Å²) >= 11 is 7.61. The molecule has 0 atom stereocenters. The van der Waals surface area contributed by atoms with Crippen LogP contribution in [-0.4, -0.2) is 15.9 Å². The number of imidazole rings is 1. The van der Waals surface area contributed by atoms with E-state index >= 15 is 0 Å². The number of aromatic nitrogens is 2. The van der Waals surface area contributed by atoms with Gasteiger partial charge in [0.15, 0.2) is 0 Å². The Morgan fingerprint density at radius 2 is 2.00 bits per heavy atom. The maximum atomic E-state index is 12.2. The molecule has 6 heteroatoms. The molecule has 4 aromatic rings. The summed E-state index contributed by atoms with van der Waals surface area (Å²) in [6, 6.07) is 16.9. The molecule has 0 radical (unpaired) electrons. The van der Waals surface area contributed by atoms with Crippen LogP contribution in [0.4, 0.5) is 5.69 Å². The molecule has 2 aromatic heterocycles. The molecule has 0 unspecified atom stereocenters. The highest BCUT2D eigenvalue weighted by atomic mass is 35.5. The lowest BCUT2D eigenvalue weighted by molar-refractivity contribution is 0.103. The third-order valence-electron chi connectivity index (χ3n) is 3.62. The Bertz CT molecular complexity index is 991.